The van der Waals surface area contributed by atoms with Crippen LogP contribution in [0.2, 0.25) is 0 Å². The molecule has 0 amide bonds. The number of fused-ring (bicyclic) bond motifs is 2. The van der Waals surface area contributed by atoms with Gasteiger partial charge in [-0.15, -0.1) is 22.7 Å². The van der Waals surface area contributed by atoms with E-state index in [9.17, 15) is 0 Å². The van der Waals surface area contributed by atoms with Crippen LogP contribution >= 0.6 is 50.1 Å². The lowest BCUT2D eigenvalue weighted by atomic mass is 9.95. The molecule has 0 saturated heterocycles. The molecule has 0 aliphatic heterocycles. The number of unbranched alkanes of at least 4 members (excludes halogenated alkanes) is 1. The number of hydrogen-bond acceptors (Lipinski definition) is 4. The minimum absolute atomic E-state index is 0.836. The van der Waals surface area contributed by atoms with Gasteiger partial charge in [0, 0.05) is 40.0 Å². The molecule has 0 spiro atoms. The van der Waals surface area contributed by atoms with Crippen LogP contribution < -0.4 is 0 Å². The first-order valence-corrected chi connectivity index (χ1v) is 12.5. The van der Waals surface area contributed by atoms with Gasteiger partial charge in [0.1, 0.15) is 0 Å². The summed E-state index contributed by atoms with van der Waals surface area (Å²) in [6.45, 7) is 4.62. The predicted molar refractivity (Wildman–Crippen MR) is 123 cm³/mol. The summed E-state index contributed by atoms with van der Waals surface area (Å²) in [7, 11) is 0. The number of nitrogens with zero attached hydrogens (tertiary/aromatic N) is 1. The van der Waals surface area contributed by atoms with Gasteiger partial charge >= 0.3 is 0 Å². The zero-order valence-corrected chi connectivity index (χ0v) is 19.1. The first-order chi connectivity index (χ1) is 12.7. The minimum atomic E-state index is 0.836. The Bertz CT molecular complexity index is 995. The lowest BCUT2D eigenvalue weighted by Gasteiger charge is -2.12. The molecule has 3 aromatic heterocycles. The Morgan fingerprint density at radius 3 is 2.73 bits per heavy atom. The van der Waals surface area contributed by atoms with Crippen molar-refractivity contribution in [3.05, 3.63) is 39.0 Å². The van der Waals surface area contributed by atoms with Gasteiger partial charge in [0.25, 0.3) is 0 Å². The van der Waals surface area contributed by atoms with Crippen molar-refractivity contribution in [1.29, 1.82) is 0 Å². The number of hydrogen-bond donors (Lipinski definition) is 0. The quantitative estimate of drug-likeness (QED) is 0.266. The van der Waals surface area contributed by atoms with Gasteiger partial charge in [-0.2, -0.15) is 4.37 Å². The monoisotopic (exact) mass is 463 g/mol. The van der Waals surface area contributed by atoms with Crippen molar-refractivity contribution >= 4 is 70.4 Å². The first-order valence-electron chi connectivity index (χ1n) is 9.24. The van der Waals surface area contributed by atoms with Crippen LogP contribution in [0.1, 0.15) is 44.4 Å². The Hall–Kier alpha value is -0.750. The van der Waals surface area contributed by atoms with E-state index in [0.29, 0.717) is 0 Å². The summed E-state index contributed by atoms with van der Waals surface area (Å²) in [5.41, 5.74) is 2.37. The summed E-state index contributed by atoms with van der Waals surface area (Å²) < 4.78 is 8.61. The molecule has 0 fully saturated rings. The predicted octanol–water partition coefficient (Wildman–Crippen LogP) is 8.76. The molecule has 0 saturated carbocycles. The molecular weight excluding hydrogens is 442 g/mol. The third-order valence-electron chi connectivity index (χ3n) is 5.04. The summed E-state index contributed by atoms with van der Waals surface area (Å²) in [6, 6.07) is 9.13. The average molecular weight is 465 g/mol. The number of halogens is 1. The Kier molecular flexibility index (Phi) is 5.79. The van der Waals surface area contributed by atoms with Gasteiger partial charge in [0.05, 0.1) is 5.52 Å². The molecule has 1 aromatic carbocycles. The lowest BCUT2D eigenvalue weighted by Crippen LogP contribution is -2.01. The zero-order chi connectivity index (χ0) is 18.1. The minimum Gasteiger partial charge on any atom is -0.192 e. The molecule has 1 atom stereocenters. The van der Waals surface area contributed by atoms with Crippen LogP contribution in [0.5, 0.6) is 0 Å². The van der Waals surface area contributed by atoms with Gasteiger partial charge in [-0.25, -0.2) is 0 Å². The third-order valence-corrected chi connectivity index (χ3v) is 8.70. The highest BCUT2D eigenvalue weighted by Gasteiger charge is 2.15. The highest BCUT2D eigenvalue weighted by Crippen LogP contribution is 2.42. The van der Waals surface area contributed by atoms with Crippen molar-refractivity contribution in [2.24, 2.45) is 5.92 Å². The van der Waals surface area contributed by atoms with Crippen molar-refractivity contribution in [3.63, 3.8) is 0 Å². The standard InChI is InChI=1S/C21H22BrNS3/c1-3-5-6-13(4-2)9-14-10-19-20(25-14)11-18(26-19)15-7-8-17(22)16-12-24-23-21(15)16/h7-8,10-13H,3-6,9H2,1-2H3. The smallest absolute Gasteiger partial charge is 0.0938 e. The van der Waals surface area contributed by atoms with Crippen LogP contribution in [0.25, 0.3) is 30.7 Å². The molecule has 0 radical (unpaired) electrons. The largest absolute Gasteiger partial charge is 0.192 e. The van der Waals surface area contributed by atoms with Crippen molar-refractivity contribution < 1.29 is 0 Å². The second-order valence-electron chi connectivity index (χ2n) is 6.84. The van der Waals surface area contributed by atoms with E-state index in [1.165, 1.54) is 68.9 Å². The first kappa shape index (κ1) is 18.6. The van der Waals surface area contributed by atoms with Crippen molar-refractivity contribution in [1.82, 2.24) is 4.37 Å². The van der Waals surface area contributed by atoms with E-state index < -0.39 is 0 Å². The Labute approximate surface area is 175 Å². The van der Waals surface area contributed by atoms with Gasteiger partial charge in [-0.1, -0.05) is 61.5 Å². The summed E-state index contributed by atoms with van der Waals surface area (Å²) in [5, 5.41) is 3.34. The maximum absolute atomic E-state index is 4.63. The maximum Gasteiger partial charge on any atom is 0.0938 e. The second-order valence-corrected chi connectivity index (χ2v) is 10.6. The highest BCUT2D eigenvalue weighted by molar-refractivity contribution is 9.10. The SMILES string of the molecule is CCCCC(CC)Cc1cc2sc(-c3ccc(Br)c4csnc34)cc2s1. The second kappa shape index (κ2) is 8.09. The summed E-state index contributed by atoms with van der Waals surface area (Å²) in [4.78, 5) is 2.88. The van der Waals surface area contributed by atoms with Crippen molar-refractivity contribution in [3.8, 4) is 10.4 Å². The van der Waals surface area contributed by atoms with E-state index in [-0.39, 0.29) is 0 Å². The fourth-order valence-corrected chi connectivity index (χ4v) is 7.32. The zero-order valence-electron chi connectivity index (χ0n) is 15.0. The molecular formula is C21H22BrNS3. The summed E-state index contributed by atoms with van der Waals surface area (Å²) >= 11 is 9.06. The number of rotatable bonds is 7. The third kappa shape index (κ3) is 3.64. The van der Waals surface area contributed by atoms with Gasteiger partial charge in [0.15, 0.2) is 0 Å². The van der Waals surface area contributed by atoms with E-state index in [2.05, 4.69) is 63.8 Å². The molecule has 136 valence electrons. The number of benzene rings is 1. The van der Waals surface area contributed by atoms with Gasteiger partial charge < -0.3 is 0 Å². The van der Waals surface area contributed by atoms with Crippen LogP contribution in [0.4, 0.5) is 0 Å². The maximum atomic E-state index is 4.63. The van der Waals surface area contributed by atoms with Crippen LogP contribution in [0, 0.1) is 5.92 Å². The van der Waals surface area contributed by atoms with Gasteiger partial charge in [0.2, 0.25) is 0 Å². The molecule has 26 heavy (non-hydrogen) atoms. The number of aromatic nitrogens is 1. The van der Waals surface area contributed by atoms with E-state index in [0.717, 1.165) is 15.9 Å². The summed E-state index contributed by atoms with van der Waals surface area (Å²) in [5.74, 6) is 0.836. The molecule has 0 aliphatic rings. The molecule has 4 rings (SSSR count). The molecule has 0 aliphatic carbocycles. The Balaban J connectivity index is 1.62. The fourth-order valence-electron chi connectivity index (χ4n) is 3.47. The Morgan fingerprint density at radius 2 is 1.96 bits per heavy atom. The molecule has 0 N–H and O–H groups in total. The molecule has 5 heteroatoms. The van der Waals surface area contributed by atoms with Crippen LogP contribution in [-0.4, -0.2) is 4.37 Å². The molecule has 1 unspecified atom stereocenters. The lowest BCUT2D eigenvalue weighted by molar-refractivity contribution is 0.452. The number of thiophene rings is 2. The van der Waals surface area contributed by atoms with Gasteiger partial charge in [-0.05, 0) is 42.1 Å². The average Bonchev–Trinajstić information content (AvgIpc) is 3.33. The molecule has 3 heterocycles. The molecule has 4 aromatic rings. The Morgan fingerprint density at radius 1 is 1.12 bits per heavy atom. The van der Waals surface area contributed by atoms with Crippen molar-refractivity contribution in [2.75, 3.05) is 0 Å². The van der Waals surface area contributed by atoms with Crippen LogP contribution in [-0.2, 0) is 6.42 Å². The van der Waals surface area contributed by atoms with Crippen LogP contribution in [0.3, 0.4) is 0 Å². The highest BCUT2D eigenvalue weighted by atomic mass is 79.9. The van der Waals surface area contributed by atoms with E-state index in [1.807, 2.05) is 22.7 Å². The van der Waals surface area contributed by atoms with Crippen molar-refractivity contribution in [2.45, 2.75) is 46.0 Å². The fraction of sp³-hybridized carbons (Fsp3) is 0.381. The van der Waals surface area contributed by atoms with E-state index in [4.69, 9.17) is 0 Å². The van der Waals surface area contributed by atoms with Gasteiger partial charge in [-0.3, -0.25) is 0 Å². The normalized spacial score (nSPS) is 13.0. The van der Waals surface area contributed by atoms with E-state index >= 15 is 0 Å². The molecule has 1 nitrogen and oxygen atoms in total. The van der Waals surface area contributed by atoms with E-state index in [1.54, 1.807) is 4.88 Å². The topological polar surface area (TPSA) is 12.9 Å². The molecule has 0 bridgehead atoms. The van der Waals surface area contributed by atoms with Crippen LogP contribution in [0.15, 0.2) is 34.1 Å². The summed E-state index contributed by atoms with van der Waals surface area (Å²) in [6.07, 6.45) is 6.56.